The van der Waals surface area contributed by atoms with Crippen LogP contribution in [0.3, 0.4) is 0 Å². The minimum Gasteiger partial charge on any atom is -0.349 e. The maximum atomic E-state index is 13.7. The quantitative estimate of drug-likeness (QED) is 0.639. The Morgan fingerprint density at radius 1 is 1.19 bits per heavy atom. The van der Waals surface area contributed by atoms with Crippen LogP contribution < -0.4 is 16.4 Å². The molecule has 0 saturated heterocycles. The highest BCUT2D eigenvalue weighted by Gasteiger charge is 2.25. The monoisotopic (exact) mass is 379 g/mol. The molecular weight excluding hydrogens is 356 g/mol. The molecule has 2 aromatic rings. The first-order chi connectivity index (χ1) is 13.0. The van der Waals surface area contributed by atoms with Gasteiger partial charge in [0, 0.05) is 7.47 Å². The van der Waals surface area contributed by atoms with Gasteiger partial charge in [0.1, 0.15) is 28.6 Å². The second-order valence-corrected chi connectivity index (χ2v) is 6.64. The predicted molar refractivity (Wildman–Crippen MR) is 97.3 cm³/mol. The molecule has 0 unspecified atom stereocenters. The van der Waals surface area contributed by atoms with Crippen molar-refractivity contribution in [2.75, 3.05) is 11.9 Å². The average molecular weight is 379 g/mol. The number of aromatic nitrogens is 2. The van der Waals surface area contributed by atoms with E-state index in [1.165, 1.54) is 6.20 Å². The van der Waals surface area contributed by atoms with Crippen molar-refractivity contribution in [2.45, 2.75) is 31.7 Å². The number of nitrogens with one attached hydrogen (secondary N) is 3. The summed E-state index contributed by atoms with van der Waals surface area (Å²) < 4.78 is 27.5. The summed E-state index contributed by atoms with van der Waals surface area (Å²) in [5.41, 5.74) is 5.04. The molecule has 1 aromatic carbocycles. The minimum absolute atomic E-state index is 0. The first kappa shape index (κ1) is 19.0. The lowest BCUT2D eigenvalue weighted by Crippen LogP contribution is -2.38. The highest BCUT2D eigenvalue weighted by Crippen LogP contribution is 2.24. The number of anilines is 1. The zero-order valence-corrected chi connectivity index (χ0v) is 14.6. The molecule has 5 N–H and O–H groups in total. The van der Waals surface area contributed by atoms with Crippen molar-refractivity contribution in [2.24, 2.45) is 11.7 Å². The Hall–Kier alpha value is -2.81. The Labute approximate surface area is 156 Å². The van der Waals surface area contributed by atoms with Gasteiger partial charge in [0.25, 0.3) is 11.8 Å². The number of hydrogen-bond donors (Lipinski definition) is 4. The van der Waals surface area contributed by atoms with Gasteiger partial charge >= 0.3 is 0 Å². The van der Waals surface area contributed by atoms with Gasteiger partial charge in [0.05, 0.1) is 6.20 Å². The zero-order valence-electron chi connectivity index (χ0n) is 14.6. The van der Waals surface area contributed by atoms with E-state index in [0.717, 1.165) is 43.9 Å². The van der Waals surface area contributed by atoms with Gasteiger partial charge in [-0.25, -0.2) is 8.78 Å². The number of nitrogens with zero attached hydrogens (tertiary/aromatic N) is 1. The third-order valence-corrected chi connectivity index (χ3v) is 4.83. The summed E-state index contributed by atoms with van der Waals surface area (Å²) in [4.78, 5) is 24.7. The van der Waals surface area contributed by atoms with Crippen LogP contribution in [0.4, 0.5) is 14.6 Å². The molecule has 2 amide bonds. The van der Waals surface area contributed by atoms with E-state index >= 15 is 0 Å². The summed E-state index contributed by atoms with van der Waals surface area (Å²) in [6.07, 6.45) is 4.81. The normalized spacial score (nSPS) is 19.5. The van der Waals surface area contributed by atoms with Crippen molar-refractivity contribution < 1.29 is 19.8 Å². The standard InChI is InChI=1S/C18H21F2N5O2.H2/c19-13-2-1-3-14(20)15(13)18(27)24-16-12(9-22-25-16)17(26)23-11-6-4-10(8-21)5-7-11;/h1-3,9-11H,4-8,21H2,(H,23,26)(H2,22,24,25,27);1H. The maximum absolute atomic E-state index is 13.7. The lowest BCUT2D eigenvalue weighted by Gasteiger charge is -2.28. The summed E-state index contributed by atoms with van der Waals surface area (Å²) >= 11 is 0. The number of benzene rings is 1. The molecule has 27 heavy (non-hydrogen) atoms. The minimum atomic E-state index is -1.01. The molecule has 0 atom stereocenters. The van der Waals surface area contributed by atoms with Gasteiger partial charge in [0.15, 0.2) is 0 Å². The van der Waals surface area contributed by atoms with Gasteiger partial charge in [-0.3, -0.25) is 14.7 Å². The maximum Gasteiger partial charge on any atom is 0.262 e. The predicted octanol–water partition coefficient (Wildman–Crippen LogP) is 2.43. The van der Waals surface area contributed by atoms with Crippen LogP contribution in [0.15, 0.2) is 24.4 Å². The molecule has 1 aliphatic rings. The Kier molecular flexibility index (Phi) is 5.80. The number of nitrogens with two attached hydrogens (primary N) is 1. The number of halogens is 2. The first-order valence-corrected chi connectivity index (χ1v) is 8.79. The van der Waals surface area contributed by atoms with Crippen molar-refractivity contribution in [1.82, 2.24) is 15.5 Å². The SMILES string of the molecule is NCC1CCC(NC(=O)c2cn[nH]c2NC(=O)c2c(F)cccc2F)CC1.[HH]. The number of carbonyl (C=O) groups is 2. The number of carbonyl (C=O) groups excluding carboxylic acids is 2. The third-order valence-electron chi connectivity index (χ3n) is 4.83. The molecule has 1 saturated carbocycles. The molecule has 1 fully saturated rings. The van der Waals surface area contributed by atoms with Crippen LogP contribution in [-0.2, 0) is 0 Å². The van der Waals surface area contributed by atoms with Crippen molar-refractivity contribution in [3.05, 3.63) is 47.2 Å². The lowest BCUT2D eigenvalue weighted by atomic mass is 9.86. The number of aromatic amines is 1. The number of hydrogen-bond acceptors (Lipinski definition) is 4. The number of H-pyrrole nitrogens is 1. The van der Waals surface area contributed by atoms with Crippen LogP contribution in [0.1, 0.15) is 47.8 Å². The molecule has 1 aromatic heterocycles. The van der Waals surface area contributed by atoms with Crippen LogP contribution in [0, 0.1) is 17.6 Å². The molecule has 0 bridgehead atoms. The Morgan fingerprint density at radius 3 is 2.48 bits per heavy atom. The largest absolute Gasteiger partial charge is 0.349 e. The molecule has 9 heteroatoms. The summed E-state index contributed by atoms with van der Waals surface area (Å²) in [6.45, 7) is 0.644. The smallest absolute Gasteiger partial charge is 0.262 e. The molecule has 3 rings (SSSR count). The van der Waals surface area contributed by atoms with E-state index in [9.17, 15) is 18.4 Å². The molecule has 1 aliphatic carbocycles. The second-order valence-electron chi connectivity index (χ2n) is 6.64. The van der Waals surface area contributed by atoms with E-state index in [-0.39, 0.29) is 18.8 Å². The summed E-state index contributed by atoms with van der Waals surface area (Å²) in [6, 6.07) is 3.14. The lowest BCUT2D eigenvalue weighted by molar-refractivity contribution is 0.0923. The molecule has 146 valence electrons. The van der Waals surface area contributed by atoms with E-state index in [2.05, 4.69) is 20.8 Å². The second kappa shape index (κ2) is 8.26. The van der Waals surface area contributed by atoms with Crippen molar-refractivity contribution in [1.29, 1.82) is 0 Å². The van der Waals surface area contributed by atoms with Crippen LogP contribution in [0.25, 0.3) is 0 Å². The fraction of sp³-hybridized carbons (Fsp3) is 0.389. The van der Waals surface area contributed by atoms with Crippen molar-refractivity contribution in [3.8, 4) is 0 Å². The summed E-state index contributed by atoms with van der Waals surface area (Å²) in [5, 5.41) is 11.4. The zero-order chi connectivity index (χ0) is 19.4. The topological polar surface area (TPSA) is 113 Å². The van der Waals surface area contributed by atoms with Gasteiger partial charge < -0.3 is 16.4 Å². The van der Waals surface area contributed by atoms with E-state index in [0.29, 0.717) is 12.5 Å². The van der Waals surface area contributed by atoms with Crippen LogP contribution in [0.5, 0.6) is 0 Å². The van der Waals surface area contributed by atoms with Gasteiger partial charge in [-0.15, -0.1) is 0 Å². The van der Waals surface area contributed by atoms with Crippen LogP contribution in [0.2, 0.25) is 0 Å². The Morgan fingerprint density at radius 2 is 1.85 bits per heavy atom. The van der Waals surface area contributed by atoms with E-state index < -0.39 is 29.0 Å². The molecule has 0 spiro atoms. The summed E-state index contributed by atoms with van der Waals surface area (Å²) in [7, 11) is 0. The Balaban J connectivity index is 0.00000280. The molecule has 0 aliphatic heterocycles. The number of amides is 2. The van der Waals surface area contributed by atoms with Crippen molar-refractivity contribution in [3.63, 3.8) is 0 Å². The highest BCUT2D eigenvalue weighted by atomic mass is 19.1. The van der Waals surface area contributed by atoms with Crippen LogP contribution >= 0.6 is 0 Å². The average Bonchev–Trinajstić information content (AvgIpc) is 3.10. The summed E-state index contributed by atoms with van der Waals surface area (Å²) in [5.74, 6) is -2.94. The fourth-order valence-electron chi connectivity index (χ4n) is 3.25. The number of rotatable bonds is 5. The van der Waals surface area contributed by atoms with E-state index in [1.54, 1.807) is 0 Å². The first-order valence-electron chi connectivity index (χ1n) is 8.79. The molecule has 1 heterocycles. The van der Waals surface area contributed by atoms with Gasteiger partial charge in [-0.1, -0.05) is 6.07 Å². The van der Waals surface area contributed by atoms with Gasteiger partial charge in [-0.2, -0.15) is 5.10 Å². The van der Waals surface area contributed by atoms with Gasteiger partial charge in [0.2, 0.25) is 0 Å². The molecule has 0 radical (unpaired) electrons. The van der Waals surface area contributed by atoms with E-state index in [4.69, 9.17) is 5.73 Å². The van der Waals surface area contributed by atoms with Gasteiger partial charge in [-0.05, 0) is 50.3 Å². The molecule has 7 nitrogen and oxygen atoms in total. The van der Waals surface area contributed by atoms with E-state index in [1.807, 2.05) is 0 Å². The highest BCUT2D eigenvalue weighted by molar-refractivity contribution is 6.08. The molecular formula is C18H23F2N5O2. The van der Waals surface area contributed by atoms with Crippen molar-refractivity contribution >= 4 is 17.6 Å². The van der Waals surface area contributed by atoms with Crippen LogP contribution in [-0.4, -0.2) is 34.6 Å². The third kappa shape index (κ3) is 4.30. The Bertz CT molecular complexity index is 817. The fourth-order valence-corrected chi connectivity index (χ4v) is 3.25.